The predicted molar refractivity (Wildman–Crippen MR) is 87.6 cm³/mol. The predicted octanol–water partition coefficient (Wildman–Crippen LogP) is 3.16. The SMILES string of the molecule is COC(=O)[C@H]1CC=C[C@H](CCOCc2ccccc2)[C@]1(C)C=O. The van der Waals surface area contributed by atoms with E-state index in [1.807, 2.05) is 49.4 Å². The molecular weight excluding hydrogens is 292 g/mol. The standard InChI is InChI=1S/C19H24O4/c1-19(14-20)16(9-6-10-17(19)18(21)22-2)11-12-23-13-15-7-4-3-5-8-15/h3-9,14,16-17H,10-13H2,1-2H3/t16-,17-,19+/m1/s1. The maximum Gasteiger partial charge on any atom is 0.309 e. The molecule has 1 aromatic carbocycles. The van der Waals surface area contributed by atoms with E-state index in [4.69, 9.17) is 9.47 Å². The van der Waals surface area contributed by atoms with Gasteiger partial charge in [0.15, 0.2) is 0 Å². The lowest BCUT2D eigenvalue weighted by molar-refractivity contribution is -0.154. The molecule has 0 aromatic heterocycles. The number of allylic oxidation sites excluding steroid dienone is 2. The van der Waals surface area contributed by atoms with Gasteiger partial charge in [-0.25, -0.2) is 0 Å². The van der Waals surface area contributed by atoms with E-state index in [0.717, 1.165) is 11.8 Å². The van der Waals surface area contributed by atoms with Crippen LogP contribution < -0.4 is 0 Å². The number of ether oxygens (including phenoxy) is 2. The summed E-state index contributed by atoms with van der Waals surface area (Å²) in [5.41, 5.74) is 0.384. The van der Waals surface area contributed by atoms with Crippen LogP contribution in [0.15, 0.2) is 42.5 Å². The van der Waals surface area contributed by atoms with Gasteiger partial charge < -0.3 is 14.3 Å². The Morgan fingerprint density at radius 1 is 1.35 bits per heavy atom. The monoisotopic (exact) mass is 316 g/mol. The largest absolute Gasteiger partial charge is 0.469 e. The van der Waals surface area contributed by atoms with Crippen molar-refractivity contribution in [2.75, 3.05) is 13.7 Å². The number of esters is 1. The molecule has 0 fully saturated rings. The van der Waals surface area contributed by atoms with Gasteiger partial charge in [0.25, 0.3) is 0 Å². The number of carbonyl (C=O) groups excluding carboxylic acids is 2. The van der Waals surface area contributed by atoms with Gasteiger partial charge in [0, 0.05) is 12.0 Å². The molecule has 0 saturated carbocycles. The van der Waals surface area contributed by atoms with Crippen molar-refractivity contribution in [3.8, 4) is 0 Å². The number of methoxy groups -OCH3 is 1. The molecule has 4 nitrogen and oxygen atoms in total. The first-order valence-electron chi connectivity index (χ1n) is 7.94. The second-order valence-electron chi connectivity index (χ2n) is 6.16. The first kappa shape index (κ1) is 17.4. The molecular formula is C19H24O4. The lowest BCUT2D eigenvalue weighted by atomic mass is 9.64. The van der Waals surface area contributed by atoms with Gasteiger partial charge in [0.2, 0.25) is 0 Å². The summed E-state index contributed by atoms with van der Waals surface area (Å²) in [6, 6.07) is 9.96. The number of hydrogen-bond donors (Lipinski definition) is 0. The molecule has 0 unspecified atom stereocenters. The Morgan fingerprint density at radius 3 is 2.74 bits per heavy atom. The van der Waals surface area contributed by atoms with E-state index in [9.17, 15) is 9.59 Å². The van der Waals surface area contributed by atoms with Gasteiger partial charge in [0.05, 0.1) is 19.6 Å². The van der Waals surface area contributed by atoms with E-state index < -0.39 is 11.3 Å². The van der Waals surface area contributed by atoms with E-state index in [1.165, 1.54) is 7.11 Å². The molecule has 1 aliphatic rings. The maximum absolute atomic E-state index is 12.0. The second-order valence-corrected chi connectivity index (χ2v) is 6.16. The number of rotatable bonds is 7. The molecule has 0 radical (unpaired) electrons. The zero-order valence-electron chi connectivity index (χ0n) is 13.7. The fraction of sp³-hybridized carbons (Fsp3) is 0.474. The summed E-state index contributed by atoms with van der Waals surface area (Å²) in [5, 5.41) is 0. The summed E-state index contributed by atoms with van der Waals surface area (Å²) in [6.45, 7) is 2.93. The molecule has 4 heteroatoms. The van der Waals surface area contributed by atoms with Crippen molar-refractivity contribution in [3.63, 3.8) is 0 Å². The molecule has 0 heterocycles. The highest BCUT2D eigenvalue weighted by Crippen LogP contribution is 2.42. The van der Waals surface area contributed by atoms with Crippen molar-refractivity contribution < 1.29 is 19.1 Å². The molecule has 0 saturated heterocycles. The summed E-state index contributed by atoms with van der Waals surface area (Å²) in [7, 11) is 1.36. The van der Waals surface area contributed by atoms with Gasteiger partial charge in [-0.05, 0) is 24.3 Å². The Bertz CT molecular complexity index is 552. The van der Waals surface area contributed by atoms with Crippen LogP contribution >= 0.6 is 0 Å². The number of benzene rings is 1. The Balaban J connectivity index is 1.92. The average molecular weight is 316 g/mol. The molecule has 0 bridgehead atoms. The topological polar surface area (TPSA) is 52.6 Å². The third-order valence-corrected chi connectivity index (χ3v) is 4.71. The maximum atomic E-state index is 12.0. The highest BCUT2D eigenvalue weighted by atomic mass is 16.5. The summed E-state index contributed by atoms with van der Waals surface area (Å²) < 4.78 is 10.6. The Morgan fingerprint density at radius 2 is 2.09 bits per heavy atom. The van der Waals surface area contributed by atoms with Crippen LogP contribution in [0.2, 0.25) is 0 Å². The molecule has 3 atom stereocenters. The van der Waals surface area contributed by atoms with Crippen LogP contribution in [0, 0.1) is 17.3 Å². The zero-order chi connectivity index (χ0) is 16.7. The molecule has 0 N–H and O–H groups in total. The van der Waals surface area contributed by atoms with Gasteiger partial charge in [-0.15, -0.1) is 0 Å². The first-order valence-corrected chi connectivity index (χ1v) is 7.94. The van der Waals surface area contributed by atoms with Crippen molar-refractivity contribution in [1.82, 2.24) is 0 Å². The van der Waals surface area contributed by atoms with Crippen LogP contribution in [0.5, 0.6) is 0 Å². The van der Waals surface area contributed by atoms with Crippen molar-refractivity contribution in [1.29, 1.82) is 0 Å². The normalized spacial score (nSPS) is 26.7. The van der Waals surface area contributed by atoms with Gasteiger partial charge in [0.1, 0.15) is 6.29 Å². The average Bonchev–Trinajstić information content (AvgIpc) is 2.60. The third kappa shape index (κ3) is 4.08. The molecule has 0 amide bonds. The number of carbonyl (C=O) groups is 2. The molecule has 1 aromatic rings. The van der Waals surface area contributed by atoms with E-state index in [0.29, 0.717) is 26.1 Å². The van der Waals surface area contributed by atoms with Gasteiger partial charge in [-0.1, -0.05) is 49.4 Å². The van der Waals surface area contributed by atoms with Crippen LogP contribution in [0.3, 0.4) is 0 Å². The van der Waals surface area contributed by atoms with Crippen molar-refractivity contribution >= 4 is 12.3 Å². The molecule has 2 rings (SSSR count). The third-order valence-electron chi connectivity index (χ3n) is 4.71. The number of hydrogen-bond acceptors (Lipinski definition) is 4. The Hall–Kier alpha value is -1.94. The first-order chi connectivity index (χ1) is 11.1. The molecule has 0 spiro atoms. The van der Waals surface area contributed by atoms with Crippen LogP contribution in [-0.2, 0) is 25.7 Å². The Labute approximate surface area is 137 Å². The fourth-order valence-corrected chi connectivity index (χ4v) is 3.14. The van der Waals surface area contributed by atoms with E-state index in [1.54, 1.807) is 0 Å². The number of aldehydes is 1. The quantitative estimate of drug-likeness (QED) is 0.335. The van der Waals surface area contributed by atoms with Crippen LogP contribution in [-0.4, -0.2) is 26.0 Å². The minimum atomic E-state index is -0.738. The summed E-state index contributed by atoms with van der Waals surface area (Å²) in [4.78, 5) is 23.7. The van der Waals surface area contributed by atoms with Crippen molar-refractivity contribution in [2.45, 2.75) is 26.4 Å². The second kappa shape index (κ2) is 8.06. The van der Waals surface area contributed by atoms with E-state index in [2.05, 4.69) is 0 Å². The minimum Gasteiger partial charge on any atom is -0.469 e. The molecule has 0 aliphatic heterocycles. The highest BCUT2D eigenvalue weighted by Gasteiger charge is 2.45. The van der Waals surface area contributed by atoms with Crippen LogP contribution in [0.25, 0.3) is 0 Å². The lowest BCUT2D eigenvalue weighted by Gasteiger charge is -2.39. The van der Waals surface area contributed by atoms with Crippen LogP contribution in [0.1, 0.15) is 25.3 Å². The van der Waals surface area contributed by atoms with E-state index >= 15 is 0 Å². The lowest BCUT2D eigenvalue weighted by Crippen LogP contribution is -2.43. The molecule has 124 valence electrons. The summed E-state index contributed by atoms with van der Waals surface area (Å²) >= 11 is 0. The van der Waals surface area contributed by atoms with Gasteiger partial charge in [-0.3, -0.25) is 4.79 Å². The smallest absolute Gasteiger partial charge is 0.309 e. The molecule has 1 aliphatic carbocycles. The fourth-order valence-electron chi connectivity index (χ4n) is 3.14. The summed E-state index contributed by atoms with van der Waals surface area (Å²) in [5.74, 6) is -0.762. The zero-order valence-corrected chi connectivity index (χ0v) is 13.7. The van der Waals surface area contributed by atoms with Crippen molar-refractivity contribution in [2.24, 2.45) is 17.3 Å². The summed E-state index contributed by atoms with van der Waals surface area (Å²) in [6.07, 6.45) is 6.14. The van der Waals surface area contributed by atoms with Crippen molar-refractivity contribution in [3.05, 3.63) is 48.0 Å². The van der Waals surface area contributed by atoms with Gasteiger partial charge >= 0.3 is 5.97 Å². The Kier molecular flexibility index (Phi) is 6.11. The highest BCUT2D eigenvalue weighted by molar-refractivity contribution is 5.79. The van der Waals surface area contributed by atoms with E-state index in [-0.39, 0.29) is 11.9 Å². The van der Waals surface area contributed by atoms with Gasteiger partial charge in [-0.2, -0.15) is 0 Å². The molecule has 23 heavy (non-hydrogen) atoms. The van der Waals surface area contributed by atoms with Crippen LogP contribution in [0.4, 0.5) is 0 Å². The minimum absolute atomic E-state index is 0.0198.